The van der Waals surface area contributed by atoms with Crippen LogP contribution in [0.4, 0.5) is 13.2 Å². The highest BCUT2D eigenvalue weighted by molar-refractivity contribution is 5.70. The Bertz CT molecular complexity index is 318. The van der Waals surface area contributed by atoms with Crippen molar-refractivity contribution in [1.82, 2.24) is 4.90 Å². The number of alkyl halides is 3. The SMILES string of the molecule is CC(C)CN(C)C1CCC(C(=O)O)C(C(F)(F)F)C1. The van der Waals surface area contributed by atoms with E-state index in [1.807, 2.05) is 25.8 Å². The van der Waals surface area contributed by atoms with Crippen molar-refractivity contribution in [2.75, 3.05) is 13.6 Å². The van der Waals surface area contributed by atoms with Gasteiger partial charge in [-0.25, -0.2) is 0 Å². The summed E-state index contributed by atoms with van der Waals surface area (Å²) in [6, 6.07) is -0.176. The number of nitrogens with zero attached hydrogens (tertiary/aromatic N) is 1. The molecule has 1 saturated carbocycles. The maximum Gasteiger partial charge on any atom is 0.392 e. The van der Waals surface area contributed by atoms with Gasteiger partial charge in [0.15, 0.2) is 0 Å². The highest BCUT2D eigenvalue weighted by Crippen LogP contribution is 2.42. The van der Waals surface area contributed by atoms with Crippen LogP contribution in [0.5, 0.6) is 0 Å². The lowest BCUT2D eigenvalue weighted by atomic mass is 9.76. The van der Waals surface area contributed by atoms with Gasteiger partial charge in [0.1, 0.15) is 0 Å². The van der Waals surface area contributed by atoms with Crippen LogP contribution in [0.2, 0.25) is 0 Å². The van der Waals surface area contributed by atoms with Crippen molar-refractivity contribution in [3.05, 3.63) is 0 Å². The van der Waals surface area contributed by atoms with Gasteiger partial charge in [-0.3, -0.25) is 4.79 Å². The van der Waals surface area contributed by atoms with Crippen molar-refractivity contribution in [2.24, 2.45) is 17.8 Å². The van der Waals surface area contributed by atoms with E-state index >= 15 is 0 Å². The molecule has 112 valence electrons. The van der Waals surface area contributed by atoms with E-state index < -0.39 is 24.0 Å². The fourth-order valence-electron chi connectivity index (χ4n) is 2.93. The number of halogens is 3. The fraction of sp³-hybridized carbons (Fsp3) is 0.923. The molecule has 1 fully saturated rings. The zero-order chi connectivity index (χ0) is 14.8. The van der Waals surface area contributed by atoms with E-state index in [9.17, 15) is 18.0 Å². The van der Waals surface area contributed by atoms with Crippen molar-refractivity contribution in [1.29, 1.82) is 0 Å². The van der Waals surface area contributed by atoms with Crippen LogP contribution in [0.25, 0.3) is 0 Å². The van der Waals surface area contributed by atoms with Crippen LogP contribution in [0.15, 0.2) is 0 Å². The molecule has 0 bridgehead atoms. The van der Waals surface area contributed by atoms with Gasteiger partial charge in [0, 0.05) is 12.6 Å². The van der Waals surface area contributed by atoms with Crippen LogP contribution in [-0.4, -0.2) is 41.8 Å². The molecule has 0 amide bonds. The second-order valence-corrected chi connectivity index (χ2v) is 5.89. The maximum atomic E-state index is 13.0. The van der Waals surface area contributed by atoms with E-state index in [1.165, 1.54) is 0 Å². The first-order chi connectivity index (χ1) is 8.62. The smallest absolute Gasteiger partial charge is 0.392 e. The third-order valence-corrected chi connectivity index (χ3v) is 3.84. The van der Waals surface area contributed by atoms with E-state index in [0.29, 0.717) is 12.3 Å². The van der Waals surface area contributed by atoms with Crippen molar-refractivity contribution in [2.45, 2.75) is 45.3 Å². The molecule has 0 aromatic carbocycles. The van der Waals surface area contributed by atoms with Crippen molar-refractivity contribution in [3.8, 4) is 0 Å². The molecule has 0 aromatic heterocycles. The summed E-state index contributed by atoms with van der Waals surface area (Å²) in [7, 11) is 1.82. The highest BCUT2D eigenvalue weighted by atomic mass is 19.4. The molecule has 1 aliphatic rings. The Kier molecular flexibility index (Phi) is 5.24. The first kappa shape index (κ1) is 16.3. The zero-order valence-electron chi connectivity index (χ0n) is 11.6. The minimum atomic E-state index is -4.43. The number of hydrogen-bond acceptors (Lipinski definition) is 2. The molecule has 3 atom stereocenters. The van der Waals surface area contributed by atoms with Gasteiger partial charge >= 0.3 is 12.1 Å². The van der Waals surface area contributed by atoms with Gasteiger partial charge in [-0.15, -0.1) is 0 Å². The number of hydrogen-bond donors (Lipinski definition) is 1. The zero-order valence-corrected chi connectivity index (χ0v) is 11.6. The molecule has 0 heterocycles. The van der Waals surface area contributed by atoms with Gasteiger partial charge < -0.3 is 10.0 Å². The Labute approximate surface area is 111 Å². The molecular formula is C13H22F3NO2. The molecule has 0 aromatic rings. The van der Waals surface area contributed by atoms with Crippen LogP contribution in [0, 0.1) is 17.8 Å². The largest absolute Gasteiger partial charge is 0.481 e. The van der Waals surface area contributed by atoms with Crippen LogP contribution in [0.3, 0.4) is 0 Å². The lowest BCUT2D eigenvalue weighted by Gasteiger charge is -2.39. The molecule has 1 rings (SSSR count). The minimum Gasteiger partial charge on any atom is -0.481 e. The summed E-state index contributed by atoms with van der Waals surface area (Å²) >= 11 is 0. The highest BCUT2D eigenvalue weighted by Gasteiger charge is 2.50. The first-order valence-electron chi connectivity index (χ1n) is 6.62. The molecule has 3 nitrogen and oxygen atoms in total. The third kappa shape index (κ3) is 4.37. The van der Waals surface area contributed by atoms with Gasteiger partial charge in [0.25, 0.3) is 0 Å². The van der Waals surface area contributed by atoms with E-state index in [4.69, 9.17) is 5.11 Å². The van der Waals surface area contributed by atoms with E-state index in [0.717, 1.165) is 6.54 Å². The topological polar surface area (TPSA) is 40.5 Å². The standard InChI is InChI=1S/C13H22F3NO2/c1-8(2)7-17(3)9-4-5-10(12(18)19)11(6-9)13(14,15)16/h8-11H,4-7H2,1-3H3,(H,18,19). The Morgan fingerprint density at radius 2 is 1.95 bits per heavy atom. The molecule has 0 radical (unpaired) electrons. The Hall–Kier alpha value is -0.780. The average Bonchev–Trinajstić information content (AvgIpc) is 2.25. The summed E-state index contributed by atoms with van der Waals surface area (Å²) in [5, 5.41) is 8.93. The normalized spacial score (nSPS) is 28.9. The predicted octanol–water partition coefficient (Wildman–Crippen LogP) is 3.01. The molecule has 6 heteroatoms. The van der Waals surface area contributed by atoms with E-state index in [1.54, 1.807) is 0 Å². The molecular weight excluding hydrogens is 259 g/mol. The summed E-state index contributed by atoms with van der Waals surface area (Å²) in [5.74, 6) is -3.96. The number of carboxylic acids is 1. The monoisotopic (exact) mass is 281 g/mol. The van der Waals surface area contributed by atoms with Gasteiger partial charge in [0.2, 0.25) is 0 Å². The van der Waals surface area contributed by atoms with E-state index in [-0.39, 0.29) is 18.9 Å². The summed E-state index contributed by atoms with van der Waals surface area (Å²) in [4.78, 5) is 12.9. The van der Waals surface area contributed by atoms with Crippen LogP contribution in [0.1, 0.15) is 33.1 Å². The fourth-order valence-corrected chi connectivity index (χ4v) is 2.93. The number of carbonyl (C=O) groups is 1. The van der Waals surface area contributed by atoms with Gasteiger partial charge in [-0.1, -0.05) is 13.8 Å². The third-order valence-electron chi connectivity index (χ3n) is 3.84. The number of rotatable bonds is 4. The predicted molar refractivity (Wildman–Crippen MR) is 65.8 cm³/mol. The summed E-state index contributed by atoms with van der Waals surface area (Å²) < 4.78 is 38.9. The van der Waals surface area contributed by atoms with Crippen LogP contribution >= 0.6 is 0 Å². The van der Waals surface area contributed by atoms with Gasteiger partial charge in [-0.2, -0.15) is 13.2 Å². The van der Waals surface area contributed by atoms with Crippen LogP contribution < -0.4 is 0 Å². The molecule has 1 N–H and O–H groups in total. The van der Waals surface area contributed by atoms with Crippen LogP contribution in [-0.2, 0) is 4.79 Å². The maximum absolute atomic E-state index is 13.0. The molecule has 3 unspecified atom stereocenters. The van der Waals surface area contributed by atoms with Crippen molar-refractivity contribution in [3.63, 3.8) is 0 Å². The van der Waals surface area contributed by atoms with Crippen molar-refractivity contribution >= 4 is 5.97 Å². The van der Waals surface area contributed by atoms with E-state index in [2.05, 4.69) is 0 Å². The van der Waals surface area contributed by atoms with Gasteiger partial charge in [0.05, 0.1) is 11.8 Å². The summed E-state index contributed by atoms with van der Waals surface area (Å²) in [5.41, 5.74) is 0. The number of carboxylic acid groups (broad SMARTS) is 1. The Morgan fingerprint density at radius 3 is 2.37 bits per heavy atom. The minimum absolute atomic E-state index is 0.104. The number of aliphatic carboxylic acids is 1. The van der Waals surface area contributed by atoms with Crippen molar-refractivity contribution < 1.29 is 23.1 Å². The second-order valence-electron chi connectivity index (χ2n) is 5.89. The Balaban J connectivity index is 2.76. The lowest BCUT2D eigenvalue weighted by molar-refractivity contribution is -0.207. The molecule has 19 heavy (non-hydrogen) atoms. The molecule has 0 aliphatic heterocycles. The molecule has 1 aliphatic carbocycles. The Morgan fingerprint density at radius 1 is 1.37 bits per heavy atom. The second kappa shape index (κ2) is 6.11. The first-order valence-corrected chi connectivity index (χ1v) is 6.62. The summed E-state index contributed by atoms with van der Waals surface area (Å²) in [6.45, 7) is 4.76. The van der Waals surface area contributed by atoms with Gasteiger partial charge in [-0.05, 0) is 32.2 Å². The molecule has 0 saturated heterocycles. The summed E-state index contributed by atoms with van der Waals surface area (Å²) in [6.07, 6.45) is -3.91. The molecule has 0 spiro atoms. The lowest BCUT2D eigenvalue weighted by Crippen LogP contribution is -2.46. The average molecular weight is 281 g/mol. The quantitative estimate of drug-likeness (QED) is 0.861.